The molecule has 0 spiro atoms. The van der Waals surface area contributed by atoms with E-state index in [1.165, 1.54) is 52.1 Å². The molecule has 1 aliphatic heterocycles. The first-order chi connectivity index (χ1) is 12.1. The largest absolute Gasteiger partial charge is 0.465 e. The maximum Gasteiger partial charge on any atom is 0.341 e. The van der Waals surface area contributed by atoms with Gasteiger partial charge < -0.3 is 9.64 Å². The third-order valence-electron chi connectivity index (χ3n) is 5.95. The maximum atomic E-state index is 12.1. The van der Waals surface area contributed by atoms with Crippen molar-refractivity contribution >= 4 is 27.7 Å². The van der Waals surface area contributed by atoms with Gasteiger partial charge in [-0.2, -0.15) is 0 Å². The number of carbonyl (C=O) groups excluding carboxylic acids is 1. The van der Waals surface area contributed by atoms with Crippen molar-refractivity contribution in [3.8, 4) is 0 Å². The maximum absolute atomic E-state index is 12.1. The van der Waals surface area contributed by atoms with Crippen molar-refractivity contribution in [1.82, 2.24) is 4.98 Å². The highest BCUT2D eigenvalue weighted by atomic mass is 79.9. The lowest BCUT2D eigenvalue weighted by atomic mass is 9.77. The second-order valence-electron chi connectivity index (χ2n) is 7.81. The highest BCUT2D eigenvalue weighted by Crippen LogP contribution is 2.36. The molecule has 1 aromatic rings. The molecule has 1 saturated carbocycles. The Labute approximate surface area is 159 Å². The molecule has 2 aliphatic rings. The van der Waals surface area contributed by atoms with Crippen molar-refractivity contribution in [2.75, 3.05) is 25.1 Å². The summed E-state index contributed by atoms with van der Waals surface area (Å²) in [6.07, 6.45) is 11.2. The smallest absolute Gasteiger partial charge is 0.341 e. The molecule has 25 heavy (non-hydrogen) atoms. The van der Waals surface area contributed by atoms with Crippen LogP contribution in [0.1, 0.15) is 62.2 Å². The number of aromatic nitrogens is 1. The van der Waals surface area contributed by atoms with Crippen LogP contribution in [0.4, 0.5) is 5.82 Å². The lowest BCUT2D eigenvalue weighted by molar-refractivity contribution is 0.0601. The summed E-state index contributed by atoms with van der Waals surface area (Å²) < 4.78 is 5.73. The van der Waals surface area contributed by atoms with Crippen LogP contribution in [-0.2, 0) is 4.74 Å². The van der Waals surface area contributed by atoms with Crippen LogP contribution in [0.15, 0.2) is 16.7 Å². The quantitative estimate of drug-likeness (QED) is 0.652. The van der Waals surface area contributed by atoms with E-state index in [1.807, 2.05) is 6.07 Å². The summed E-state index contributed by atoms with van der Waals surface area (Å²) in [5.41, 5.74) is 0.552. The number of esters is 1. The predicted molar refractivity (Wildman–Crippen MR) is 104 cm³/mol. The molecule has 2 fully saturated rings. The molecule has 0 amide bonds. The van der Waals surface area contributed by atoms with Crippen molar-refractivity contribution in [2.24, 2.45) is 17.8 Å². The number of piperidine rings is 1. The number of anilines is 1. The molecule has 138 valence electrons. The Morgan fingerprint density at radius 2 is 1.84 bits per heavy atom. The van der Waals surface area contributed by atoms with Gasteiger partial charge in [-0.3, -0.25) is 0 Å². The number of methoxy groups -OCH3 is 1. The van der Waals surface area contributed by atoms with Gasteiger partial charge in [0.05, 0.1) is 7.11 Å². The van der Waals surface area contributed by atoms with Gasteiger partial charge in [-0.15, -0.1) is 0 Å². The molecule has 0 radical (unpaired) electrons. The molecule has 1 aromatic heterocycles. The Balaban J connectivity index is 1.58. The van der Waals surface area contributed by atoms with Gasteiger partial charge in [0, 0.05) is 23.8 Å². The van der Waals surface area contributed by atoms with Crippen LogP contribution >= 0.6 is 15.9 Å². The monoisotopic (exact) mass is 408 g/mol. The number of nitrogens with zero attached hydrogens (tertiary/aromatic N) is 2. The Bertz CT molecular complexity index is 591. The molecule has 1 aliphatic carbocycles. The normalized spacial score (nSPS) is 25.0. The first kappa shape index (κ1) is 18.7. The van der Waals surface area contributed by atoms with Crippen molar-refractivity contribution in [3.05, 3.63) is 22.3 Å². The van der Waals surface area contributed by atoms with Crippen LogP contribution in [0.5, 0.6) is 0 Å². The van der Waals surface area contributed by atoms with Gasteiger partial charge in [0.1, 0.15) is 11.4 Å². The van der Waals surface area contributed by atoms with E-state index in [0.29, 0.717) is 5.56 Å². The summed E-state index contributed by atoms with van der Waals surface area (Å²) in [6, 6.07) is 1.81. The third kappa shape index (κ3) is 4.75. The van der Waals surface area contributed by atoms with Crippen LogP contribution in [0.3, 0.4) is 0 Å². The second kappa shape index (κ2) is 8.52. The first-order valence-corrected chi connectivity index (χ1v) is 10.3. The summed E-state index contributed by atoms with van der Waals surface area (Å²) >= 11 is 3.40. The topological polar surface area (TPSA) is 42.4 Å². The van der Waals surface area contributed by atoms with Crippen LogP contribution in [-0.4, -0.2) is 31.2 Å². The number of rotatable bonds is 4. The minimum atomic E-state index is -0.317. The van der Waals surface area contributed by atoms with Crippen molar-refractivity contribution in [2.45, 2.75) is 51.9 Å². The Hall–Kier alpha value is -1.10. The molecular formula is C20H29BrN2O2. The Morgan fingerprint density at radius 3 is 2.48 bits per heavy atom. The second-order valence-corrected chi connectivity index (χ2v) is 8.72. The van der Waals surface area contributed by atoms with E-state index >= 15 is 0 Å². The van der Waals surface area contributed by atoms with Gasteiger partial charge in [-0.1, -0.05) is 32.6 Å². The van der Waals surface area contributed by atoms with E-state index in [0.717, 1.165) is 41.1 Å². The lowest BCUT2D eigenvalue weighted by Crippen LogP contribution is -2.36. The summed E-state index contributed by atoms with van der Waals surface area (Å²) in [5.74, 6) is 3.14. The molecule has 0 bridgehead atoms. The summed E-state index contributed by atoms with van der Waals surface area (Å²) in [6.45, 7) is 4.34. The van der Waals surface area contributed by atoms with E-state index in [1.54, 1.807) is 6.20 Å². The zero-order valence-electron chi connectivity index (χ0n) is 15.3. The molecule has 5 heteroatoms. The highest BCUT2D eigenvalue weighted by Gasteiger charge is 2.27. The van der Waals surface area contributed by atoms with E-state index in [-0.39, 0.29) is 5.97 Å². The van der Waals surface area contributed by atoms with E-state index in [4.69, 9.17) is 4.74 Å². The van der Waals surface area contributed by atoms with Crippen molar-refractivity contribution < 1.29 is 9.53 Å². The average Bonchev–Trinajstić information content (AvgIpc) is 2.64. The van der Waals surface area contributed by atoms with Gasteiger partial charge in [-0.05, 0) is 59.0 Å². The van der Waals surface area contributed by atoms with Gasteiger partial charge in [0.15, 0.2) is 0 Å². The predicted octanol–water partition coefficient (Wildman–Crippen LogP) is 5.06. The molecule has 3 rings (SSSR count). The fraction of sp³-hybridized carbons (Fsp3) is 0.700. The van der Waals surface area contributed by atoms with E-state index < -0.39 is 0 Å². The highest BCUT2D eigenvalue weighted by molar-refractivity contribution is 9.10. The first-order valence-electron chi connectivity index (χ1n) is 9.55. The molecule has 1 saturated heterocycles. The zero-order valence-corrected chi connectivity index (χ0v) is 16.9. The standard InChI is InChI=1S/C20H29BrN2O2/c1-14-3-5-15(6-4-14)11-16-7-9-23(10-8-16)19-18(20(24)25-2)12-17(21)13-22-19/h12-16H,3-11H2,1-2H3. The molecule has 0 unspecified atom stereocenters. The fourth-order valence-corrected chi connectivity index (χ4v) is 4.69. The van der Waals surface area contributed by atoms with Gasteiger partial charge in [0.2, 0.25) is 0 Å². The molecular weight excluding hydrogens is 380 g/mol. The number of pyridine rings is 1. The Kier molecular flexibility index (Phi) is 6.37. The average molecular weight is 409 g/mol. The van der Waals surface area contributed by atoms with Crippen LogP contribution < -0.4 is 4.90 Å². The zero-order chi connectivity index (χ0) is 17.8. The minimum Gasteiger partial charge on any atom is -0.465 e. The van der Waals surface area contributed by atoms with Crippen molar-refractivity contribution in [1.29, 1.82) is 0 Å². The summed E-state index contributed by atoms with van der Waals surface area (Å²) in [4.78, 5) is 18.8. The molecule has 0 aromatic carbocycles. The number of ether oxygens (including phenoxy) is 1. The van der Waals surface area contributed by atoms with Gasteiger partial charge in [0.25, 0.3) is 0 Å². The van der Waals surface area contributed by atoms with Gasteiger partial charge >= 0.3 is 5.97 Å². The fourth-order valence-electron chi connectivity index (χ4n) is 4.36. The summed E-state index contributed by atoms with van der Waals surface area (Å²) in [5, 5.41) is 0. The molecule has 0 N–H and O–H groups in total. The minimum absolute atomic E-state index is 0.317. The van der Waals surface area contributed by atoms with Crippen LogP contribution in [0.25, 0.3) is 0 Å². The van der Waals surface area contributed by atoms with Crippen molar-refractivity contribution in [3.63, 3.8) is 0 Å². The molecule has 4 nitrogen and oxygen atoms in total. The Morgan fingerprint density at radius 1 is 1.20 bits per heavy atom. The van der Waals surface area contributed by atoms with E-state index in [9.17, 15) is 4.79 Å². The van der Waals surface area contributed by atoms with E-state index in [2.05, 4.69) is 32.7 Å². The number of hydrogen-bond acceptors (Lipinski definition) is 4. The number of halogens is 1. The SMILES string of the molecule is COC(=O)c1cc(Br)cnc1N1CCC(CC2CCC(C)CC2)CC1. The lowest BCUT2D eigenvalue weighted by Gasteiger charge is -2.36. The summed E-state index contributed by atoms with van der Waals surface area (Å²) in [7, 11) is 1.42. The van der Waals surface area contributed by atoms with Crippen LogP contribution in [0.2, 0.25) is 0 Å². The third-order valence-corrected chi connectivity index (χ3v) is 6.39. The number of hydrogen-bond donors (Lipinski definition) is 0. The molecule has 2 heterocycles. The molecule has 0 atom stereocenters. The van der Waals surface area contributed by atoms with Gasteiger partial charge in [-0.25, -0.2) is 9.78 Å². The van der Waals surface area contributed by atoms with Crippen LogP contribution in [0, 0.1) is 17.8 Å². The number of carbonyl (C=O) groups is 1.